The number of hydrogen-bond donors (Lipinski definition) is 2. The lowest BCUT2D eigenvalue weighted by Gasteiger charge is -2.15. The number of methoxy groups -OCH3 is 1. The first-order valence-corrected chi connectivity index (χ1v) is 6.89. The van der Waals surface area contributed by atoms with Crippen LogP contribution in [0, 0.1) is 5.92 Å². The van der Waals surface area contributed by atoms with E-state index in [0.717, 1.165) is 29.7 Å². The summed E-state index contributed by atoms with van der Waals surface area (Å²) in [4.78, 5) is 4.20. The molecule has 0 fully saturated rings. The summed E-state index contributed by atoms with van der Waals surface area (Å²) in [6.07, 6.45) is 0. The van der Waals surface area contributed by atoms with E-state index in [1.807, 2.05) is 25.1 Å². The number of nitrogens with zero attached hydrogens (tertiary/aromatic N) is 1. The van der Waals surface area contributed by atoms with Crippen molar-refractivity contribution in [3.05, 3.63) is 18.2 Å². The summed E-state index contributed by atoms with van der Waals surface area (Å²) >= 11 is 0. The lowest BCUT2D eigenvalue weighted by atomic mass is 10.2. The molecule has 0 aliphatic rings. The van der Waals surface area contributed by atoms with Crippen molar-refractivity contribution in [2.75, 3.05) is 32.6 Å². The highest BCUT2D eigenvalue weighted by atomic mass is 16.5. The molecule has 5 nitrogen and oxygen atoms in total. The maximum atomic E-state index is 5.56. The Morgan fingerprint density at radius 2 is 2.05 bits per heavy atom. The predicted molar refractivity (Wildman–Crippen MR) is 84.0 cm³/mol. The fourth-order valence-corrected chi connectivity index (χ4v) is 1.64. The van der Waals surface area contributed by atoms with Crippen LogP contribution in [0.5, 0.6) is 11.5 Å². The van der Waals surface area contributed by atoms with Gasteiger partial charge in [0.1, 0.15) is 0 Å². The second kappa shape index (κ2) is 8.30. The number of rotatable bonds is 6. The molecule has 0 saturated heterocycles. The van der Waals surface area contributed by atoms with Gasteiger partial charge in [0, 0.05) is 25.3 Å². The van der Waals surface area contributed by atoms with Crippen LogP contribution in [0.2, 0.25) is 0 Å². The molecule has 0 saturated carbocycles. The molecule has 0 aromatic heterocycles. The van der Waals surface area contributed by atoms with Gasteiger partial charge in [0.05, 0.1) is 13.7 Å². The molecular formula is C15H25N3O2. The Morgan fingerprint density at radius 3 is 2.60 bits per heavy atom. The molecule has 0 bridgehead atoms. The molecule has 0 radical (unpaired) electrons. The second-order valence-electron chi connectivity index (χ2n) is 4.77. The van der Waals surface area contributed by atoms with Gasteiger partial charge < -0.3 is 20.1 Å². The second-order valence-corrected chi connectivity index (χ2v) is 4.77. The highest BCUT2D eigenvalue weighted by Crippen LogP contribution is 2.30. The topological polar surface area (TPSA) is 54.9 Å². The molecule has 1 rings (SSSR count). The summed E-state index contributed by atoms with van der Waals surface area (Å²) < 4.78 is 10.8. The van der Waals surface area contributed by atoms with E-state index in [2.05, 4.69) is 29.5 Å². The summed E-state index contributed by atoms with van der Waals surface area (Å²) in [5.41, 5.74) is 0.908. The smallest absolute Gasteiger partial charge is 0.195 e. The molecular weight excluding hydrogens is 254 g/mol. The average Bonchev–Trinajstić information content (AvgIpc) is 2.44. The van der Waals surface area contributed by atoms with Gasteiger partial charge in [-0.1, -0.05) is 13.8 Å². The SMILES string of the molecule is CCOc1cc(NC(=NC)NCC(C)C)ccc1OC. The third kappa shape index (κ3) is 4.99. The molecule has 0 atom stereocenters. The van der Waals surface area contributed by atoms with Crippen LogP contribution in [0.3, 0.4) is 0 Å². The van der Waals surface area contributed by atoms with Crippen LogP contribution in [0.15, 0.2) is 23.2 Å². The van der Waals surface area contributed by atoms with Crippen molar-refractivity contribution in [3.63, 3.8) is 0 Å². The van der Waals surface area contributed by atoms with E-state index >= 15 is 0 Å². The quantitative estimate of drug-likeness (QED) is 0.621. The van der Waals surface area contributed by atoms with Crippen LogP contribution in [0.4, 0.5) is 5.69 Å². The van der Waals surface area contributed by atoms with Crippen molar-refractivity contribution in [2.45, 2.75) is 20.8 Å². The Labute approximate surface area is 121 Å². The molecule has 1 aromatic carbocycles. The maximum Gasteiger partial charge on any atom is 0.195 e. The Balaban J connectivity index is 2.78. The molecule has 0 aliphatic heterocycles. The third-order valence-corrected chi connectivity index (χ3v) is 2.63. The first-order chi connectivity index (χ1) is 9.60. The zero-order valence-electron chi connectivity index (χ0n) is 13.0. The number of nitrogens with one attached hydrogen (secondary N) is 2. The number of hydrogen-bond acceptors (Lipinski definition) is 3. The molecule has 0 heterocycles. The van der Waals surface area contributed by atoms with Gasteiger partial charge in [-0.2, -0.15) is 0 Å². The fourth-order valence-electron chi connectivity index (χ4n) is 1.64. The van der Waals surface area contributed by atoms with Gasteiger partial charge in [0.15, 0.2) is 17.5 Å². The fraction of sp³-hybridized carbons (Fsp3) is 0.533. The van der Waals surface area contributed by atoms with Gasteiger partial charge >= 0.3 is 0 Å². The Kier molecular flexibility index (Phi) is 6.70. The van der Waals surface area contributed by atoms with Crippen molar-refractivity contribution in [1.29, 1.82) is 0 Å². The van der Waals surface area contributed by atoms with E-state index in [9.17, 15) is 0 Å². The first-order valence-electron chi connectivity index (χ1n) is 6.89. The number of anilines is 1. The van der Waals surface area contributed by atoms with E-state index in [-0.39, 0.29) is 0 Å². The van der Waals surface area contributed by atoms with E-state index in [1.165, 1.54) is 0 Å². The summed E-state index contributed by atoms with van der Waals surface area (Å²) in [5.74, 6) is 2.75. The number of aliphatic imine (C=N–C) groups is 1. The number of benzene rings is 1. The highest BCUT2D eigenvalue weighted by Gasteiger charge is 2.07. The van der Waals surface area contributed by atoms with Gasteiger partial charge in [0.2, 0.25) is 0 Å². The average molecular weight is 279 g/mol. The van der Waals surface area contributed by atoms with Crippen LogP contribution in [0.1, 0.15) is 20.8 Å². The van der Waals surface area contributed by atoms with Crippen molar-refractivity contribution in [2.24, 2.45) is 10.9 Å². The molecule has 0 aliphatic carbocycles. The minimum absolute atomic E-state index is 0.559. The Hall–Kier alpha value is -1.91. The molecule has 5 heteroatoms. The van der Waals surface area contributed by atoms with E-state index < -0.39 is 0 Å². The summed E-state index contributed by atoms with van der Waals surface area (Å²) in [6, 6.07) is 5.72. The van der Waals surface area contributed by atoms with Crippen LogP contribution in [0.25, 0.3) is 0 Å². The maximum absolute atomic E-state index is 5.56. The minimum Gasteiger partial charge on any atom is -0.493 e. The Bertz CT molecular complexity index is 445. The van der Waals surface area contributed by atoms with Crippen molar-refractivity contribution in [3.8, 4) is 11.5 Å². The number of ether oxygens (including phenoxy) is 2. The van der Waals surface area contributed by atoms with Crippen LogP contribution in [-0.4, -0.2) is 33.3 Å². The van der Waals surface area contributed by atoms with Gasteiger partial charge in [-0.15, -0.1) is 0 Å². The highest BCUT2D eigenvalue weighted by molar-refractivity contribution is 5.93. The summed E-state index contributed by atoms with van der Waals surface area (Å²) in [5, 5.41) is 6.50. The van der Waals surface area contributed by atoms with E-state index in [4.69, 9.17) is 9.47 Å². The molecule has 1 aromatic rings. The summed E-state index contributed by atoms with van der Waals surface area (Å²) in [7, 11) is 3.39. The molecule has 2 N–H and O–H groups in total. The predicted octanol–water partition coefficient (Wildman–Crippen LogP) is 2.74. The normalized spacial score (nSPS) is 11.4. The van der Waals surface area contributed by atoms with Gasteiger partial charge in [-0.3, -0.25) is 4.99 Å². The van der Waals surface area contributed by atoms with Gasteiger partial charge in [-0.05, 0) is 25.0 Å². The monoisotopic (exact) mass is 279 g/mol. The van der Waals surface area contributed by atoms with Crippen LogP contribution in [-0.2, 0) is 0 Å². The van der Waals surface area contributed by atoms with Crippen molar-refractivity contribution in [1.82, 2.24) is 5.32 Å². The van der Waals surface area contributed by atoms with E-state index in [0.29, 0.717) is 12.5 Å². The molecule has 112 valence electrons. The van der Waals surface area contributed by atoms with Crippen molar-refractivity contribution >= 4 is 11.6 Å². The Morgan fingerprint density at radius 1 is 1.30 bits per heavy atom. The largest absolute Gasteiger partial charge is 0.493 e. The van der Waals surface area contributed by atoms with Gasteiger partial charge in [0.25, 0.3) is 0 Å². The van der Waals surface area contributed by atoms with Gasteiger partial charge in [-0.25, -0.2) is 0 Å². The molecule has 0 unspecified atom stereocenters. The van der Waals surface area contributed by atoms with E-state index in [1.54, 1.807) is 14.2 Å². The molecule has 0 amide bonds. The third-order valence-electron chi connectivity index (χ3n) is 2.63. The summed E-state index contributed by atoms with van der Waals surface area (Å²) in [6.45, 7) is 7.72. The lowest BCUT2D eigenvalue weighted by molar-refractivity contribution is 0.311. The minimum atomic E-state index is 0.559. The first kappa shape index (κ1) is 16.1. The standard InChI is InChI=1S/C15H25N3O2/c1-6-20-14-9-12(7-8-13(14)19-5)18-15(16-4)17-10-11(2)3/h7-9,11H,6,10H2,1-5H3,(H2,16,17,18). The van der Waals surface area contributed by atoms with Crippen LogP contribution >= 0.6 is 0 Å². The zero-order valence-corrected chi connectivity index (χ0v) is 13.0. The van der Waals surface area contributed by atoms with Crippen molar-refractivity contribution < 1.29 is 9.47 Å². The lowest BCUT2D eigenvalue weighted by Crippen LogP contribution is -2.33. The molecule has 0 spiro atoms. The number of guanidine groups is 1. The zero-order chi connectivity index (χ0) is 15.0. The van der Waals surface area contributed by atoms with Crippen LogP contribution < -0.4 is 20.1 Å². The molecule has 20 heavy (non-hydrogen) atoms.